The zero-order chi connectivity index (χ0) is 12.0. The van der Waals surface area contributed by atoms with Crippen molar-refractivity contribution >= 4 is 5.82 Å². The first-order valence-electron chi connectivity index (χ1n) is 5.14. The molecule has 16 heavy (non-hydrogen) atoms. The van der Waals surface area contributed by atoms with Crippen molar-refractivity contribution in [2.45, 2.75) is 18.8 Å². The van der Waals surface area contributed by atoms with Gasteiger partial charge in [0.1, 0.15) is 5.82 Å². The maximum atomic E-state index is 5.62. The molecule has 90 valence electrons. The largest absolute Gasteiger partial charge is 0.384 e. The summed E-state index contributed by atoms with van der Waals surface area (Å²) in [4.78, 5) is 3.95. The molecular weight excluding hydrogens is 206 g/mol. The van der Waals surface area contributed by atoms with E-state index in [1.165, 1.54) is 0 Å². The van der Waals surface area contributed by atoms with Gasteiger partial charge in [-0.2, -0.15) is 0 Å². The van der Waals surface area contributed by atoms with E-state index < -0.39 is 0 Å². The first kappa shape index (κ1) is 12.9. The Labute approximate surface area is 96.0 Å². The molecule has 0 aliphatic heterocycles. The number of nitrogens with zero attached hydrogens (tertiary/aromatic N) is 1. The van der Waals surface area contributed by atoms with Crippen molar-refractivity contribution in [3.63, 3.8) is 0 Å². The van der Waals surface area contributed by atoms with Crippen LogP contribution in [0.15, 0.2) is 18.3 Å². The average molecular weight is 225 g/mol. The molecule has 1 atom stereocenters. The zero-order valence-corrected chi connectivity index (χ0v) is 9.93. The Hall–Kier alpha value is -1.17. The fourth-order valence-corrected chi connectivity index (χ4v) is 1.63. The van der Waals surface area contributed by atoms with Gasteiger partial charge in [0.05, 0.1) is 6.04 Å². The van der Waals surface area contributed by atoms with Crippen molar-refractivity contribution in [1.29, 1.82) is 0 Å². The molecule has 5 heteroatoms. The maximum absolute atomic E-state index is 5.62. The third-order valence-corrected chi connectivity index (χ3v) is 2.47. The lowest BCUT2D eigenvalue weighted by molar-refractivity contribution is -0.121. The van der Waals surface area contributed by atoms with Gasteiger partial charge in [0.2, 0.25) is 0 Å². The van der Waals surface area contributed by atoms with Gasteiger partial charge < -0.3 is 20.5 Å². The zero-order valence-electron chi connectivity index (χ0n) is 9.93. The highest BCUT2D eigenvalue weighted by atomic mass is 16.7. The van der Waals surface area contributed by atoms with Crippen LogP contribution in [0.5, 0.6) is 0 Å². The van der Waals surface area contributed by atoms with E-state index in [-0.39, 0.29) is 12.3 Å². The van der Waals surface area contributed by atoms with Crippen LogP contribution in [0.1, 0.15) is 5.56 Å². The van der Waals surface area contributed by atoms with Crippen LogP contribution < -0.4 is 11.1 Å². The molecule has 0 spiro atoms. The number of anilines is 1. The second-order valence-corrected chi connectivity index (χ2v) is 3.53. The average Bonchev–Trinajstić information content (AvgIpc) is 2.29. The number of aromatic nitrogens is 1. The Morgan fingerprint density at radius 1 is 1.44 bits per heavy atom. The van der Waals surface area contributed by atoms with E-state index in [1.54, 1.807) is 20.4 Å². The van der Waals surface area contributed by atoms with Crippen LogP contribution in [-0.4, -0.2) is 38.6 Å². The van der Waals surface area contributed by atoms with Crippen molar-refractivity contribution in [2.75, 3.05) is 27.0 Å². The molecule has 0 saturated carbocycles. The van der Waals surface area contributed by atoms with Gasteiger partial charge in [-0.05, 0) is 31.2 Å². The predicted octanol–water partition coefficient (Wildman–Crippen LogP) is 0.413. The first-order valence-corrected chi connectivity index (χ1v) is 5.14. The topological polar surface area (TPSA) is 69.4 Å². The molecule has 1 unspecified atom stereocenters. The molecule has 1 heterocycles. The fraction of sp³-hybridized carbons (Fsp3) is 0.545. The minimum Gasteiger partial charge on any atom is -0.384 e. The number of ether oxygens (including phenoxy) is 2. The van der Waals surface area contributed by atoms with Crippen molar-refractivity contribution in [2.24, 2.45) is 0 Å². The normalized spacial score (nSPS) is 13.0. The molecule has 3 N–H and O–H groups in total. The van der Waals surface area contributed by atoms with E-state index in [0.29, 0.717) is 5.82 Å². The lowest BCUT2D eigenvalue weighted by atomic mass is 10.1. The molecule has 0 aliphatic carbocycles. The summed E-state index contributed by atoms with van der Waals surface area (Å²) in [6.45, 7) is 0. The number of pyridine rings is 1. The van der Waals surface area contributed by atoms with E-state index in [2.05, 4.69) is 10.3 Å². The van der Waals surface area contributed by atoms with Crippen LogP contribution in [-0.2, 0) is 15.9 Å². The maximum Gasteiger partial charge on any atom is 0.172 e. The van der Waals surface area contributed by atoms with Gasteiger partial charge in [0.15, 0.2) is 6.29 Å². The molecule has 5 nitrogen and oxygen atoms in total. The number of hydrogen-bond donors (Lipinski definition) is 2. The number of likely N-dealkylation sites (N-methyl/N-ethyl adjacent to an activating group) is 1. The molecule has 0 saturated heterocycles. The van der Waals surface area contributed by atoms with Crippen LogP contribution in [0.4, 0.5) is 5.82 Å². The number of nitrogens with one attached hydrogen (secondary N) is 1. The highest BCUT2D eigenvalue weighted by Crippen LogP contribution is 2.10. The summed E-state index contributed by atoms with van der Waals surface area (Å²) >= 11 is 0. The smallest absolute Gasteiger partial charge is 0.172 e. The lowest BCUT2D eigenvalue weighted by Crippen LogP contribution is -2.41. The Morgan fingerprint density at radius 2 is 2.12 bits per heavy atom. The van der Waals surface area contributed by atoms with Gasteiger partial charge in [0, 0.05) is 20.4 Å². The van der Waals surface area contributed by atoms with Gasteiger partial charge in [-0.3, -0.25) is 0 Å². The minimum atomic E-state index is -0.278. The van der Waals surface area contributed by atoms with Crippen LogP contribution in [0.2, 0.25) is 0 Å². The summed E-state index contributed by atoms with van der Waals surface area (Å²) in [7, 11) is 5.12. The van der Waals surface area contributed by atoms with Crippen molar-refractivity contribution in [1.82, 2.24) is 10.3 Å². The molecule has 0 fully saturated rings. The van der Waals surface area contributed by atoms with Crippen molar-refractivity contribution < 1.29 is 9.47 Å². The monoisotopic (exact) mass is 225 g/mol. The summed E-state index contributed by atoms with van der Waals surface area (Å²) in [5.74, 6) is 0.527. The van der Waals surface area contributed by atoms with Gasteiger partial charge in [-0.1, -0.05) is 0 Å². The van der Waals surface area contributed by atoms with Gasteiger partial charge in [0.25, 0.3) is 0 Å². The molecule has 0 radical (unpaired) electrons. The number of nitrogen functional groups attached to an aromatic ring is 1. The van der Waals surface area contributed by atoms with Gasteiger partial charge >= 0.3 is 0 Å². The summed E-state index contributed by atoms with van der Waals surface area (Å²) in [5, 5.41) is 3.16. The Bertz CT molecular complexity index is 316. The minimum absolute atomic E-state index is 0.0804. The highest BCUT2D eigenvalue weighted by molar-refractivity contribution is 5.32. The van der Waals surface area contributed by atoms with Crippen LogP contribution >= 0.6 is 0 Å². The molecule has 1 aromatic heterocycles. The van der Waals surface area contributed by atoms with Crippen molar-refractivity contribution in [3.8, 4) is 0 Å². The van der Waals surface area contributed by atoms with Crippen molar-refractivity contribution in [3.05, 3.63) is 23.9 Å². The second-order valence-electron chi connectivity index (χ2n) is 3.53. The predicted molar refractivity (Wildman–Crippen MR) is 63.0 cm³/mol. The summed E-state index contributed by atoms with van der Waals surface area (Å²) < 4.78 is 10.4. The Kier molecular flexibility index (Phi) is 5.18. The lowest BCUT2D eigenvalue weighted by Gasteiger charge is -2.24. The molecular formula is C11H19N3O2. The van der Waals surface area contributed by atoms with Crippen LogP contribution in [0.25, 0.3) is 0 Å². The number of nitrogens with two attached hydrogens (primary N) is 1. The molecule has 0 aromatic carbocycles. The van der Waals surface area contributed by atoms with E-state index in [9.17, 15) is 0 Å². The SMILES string of the molecule is CNC(Cc1ccnc(N)c1)C(OC)OC. The van der Waals surface area contributed by atoms with Crippen LogP contribution in [0, 0.1) is 0 Å². The molecule has 1 aromatic rings. The molecule has 0 aliphatic rings. The number of methoxy groups -OCH3 is 2. The first-order chi connectivity index (χ1) is 7.71. The number of rotatable bonds is 6. The standard InChI is InChI=1S/C11H19N3O2/c1-13-9(11(15-2)16-3)6-8-4-5-14-10(12)7-8/h4-5,7,9,11,13H,6H2,1-3H3,(H2,12,14). The Balaban J connectivity index is 2.69. The molecule has 1 rings (SSSR count). The number of hydrogen-bond acceptors (Lipinski definition) is 5. The second kappa shape index (κ2) is 6.42. The van der Waals surface area contributed by atoms with Gasteiger partial charge in [-0.25, -0.2) is 4.98 Å². The van der Waals surface area contributed by atoms with E-state index in [1.807, 2.05) is 19.2 Å². The molecule has 0 amide bonds. The van der Waals surface area contributed by atoms with Gasteiger partial charge in [-0.15, -0.1) is 0 Å². The van der Waals surface area contributed by atoms with E-state index in [4.69, 9.17) is 15.2 Å². The van der Waals surface area contributed by atoms with E-state index in [0.717, 1.165) is 12.0 Å². The quantitative estimate of drug-likeness (QED) is 0.686. The summed E-state index contributed by atoms with van der Waals surface area (Å²) in [6.07, 6.45) is 2.20. The summed E-state index contributed by atoms with van der Waals surface area (Å²) in [6, 6.07) is 3.87. The third kappa shape index (κ3) is 3.44. The fourth-order valence-electron chi connectivity index (χ4n) is 1.63. The van der Waals surface area contributed by atoms with Crippen LogP contribution in [0.3, 0.4) is 0 Å². The summed E-state index contributed by atoms with van der Waals surface area (Å²) in [5.41, 5.74) is 6.73. The molecule has 0 bridgehead atoms. The van der Waals surface area contributed by atoms with E-state index >= 15 is 0 Å². The Morgan fingerprint density at radius 3 is 2.62 bits per heavy atom. The highest BCUT2D eigenvalue weighted by Gasteiger charge is 2.19. The third-order valence-electron chi connectivity index (χ3n) is 2.47.